The minimum atomic E-state index is -4.30. The largest absolute Gasteiger partial charge is 0.352 e. The molecular formula is C38H41Cl2N3O4S. The molecule has 1 aliphatic rings. The fourth-order valence-electron chi connectivity index (χ4n) is 6.13. The first-order valence-electron chi connectivity index (χ1n) is 16.2. The number of rotatable bonds is 12. The number of benzene rings is 4. The van der Waals surface area contributed by atoms with E-state index in [0.29, 0.717) is 0 Å². The van der Waals surface area contributed by atoms with Crippen LogP contribution in [0.25, 0.3) is 0 Å². The van der Waals surface area contributed by atoms with Gasteiger partial charge in [0.25, 0.3) is 10.0 Å². The van der Waals surface area contributed by atoms with E-state index in [-0.39, 0.29) is 45.5 Å². The molecule has 10 heteroatoms. The second-order valence-electron chi connectivity index (χ2n) is 12.5. The molecule has 1 fully saturated rings. The molecule has 1 N–H and O–H groups in total. The summed E-state index contributed by atoms with van der Waals surface area (Å²) in [6.07, 6.45) is 5.21. The lowest BCUT2D eigenvalue weighted by Crippen LogP contribution is -2.55. The van der Waals surface area contributed by atoms with Crippen LogP contribution in [0.4, 0.5) is 5.69 Å². The van der Waals surface area contributed by atoms with Gasteiger partial charge in [-0.3, -0.25) is 13.9 Å². The van der Waals surface area contributed by atoms with Crippen LogP contribution in [0.1, 0.15) is 54.4 Å². The molecule has 0 heterocycles. The number of nitrogens with one attached hydrogen (secondary N) is 1. The fraction of sp³-hybridized carbons (Fsp3) is 0.316. The van der Waals surface area contributed by atoms with E-state index in [0.717, 1.165) is 58.7 Å². The molecule has 252 valence electrons. The molecule has 0 spiro atoms. The van der Waals surface area contributed by atoms with Crippen LogP contribution in [-0.2, 0) is 32.6 Å². The first-order valence-corrected chi connectivity index (χ1v) is 18.4. The average molecular weight is 707 g/mol. The smallest absolute Gasteiger partial charge is 0.264 e. The molecule has 5 rings (SSSR count). The van der Waals surface area contributed by atoms with Gasteiger partial charge in [-0.25, -0.2) is 8.42 Å². The SMILES string of the molecule is Cc1ccc(S(=O)(=O)N(CC(=O)N(Cc2cccc(C)c2)[C@H](Cc2ccccc2)C(=O)NC2CCCCC2)c2cc(Cl)ccc2Cl)cc1. The third kappa shape index (κ3) is 8.98. The Morgan fingerprint density at radius 1 is 0.812 bits per heavy atom. The predicted octanol–water partition coefficient (Wildman–Crippen LogP) is 7.89. The van der Waals surface area contributed by atoms with Gasteiger partial charge in [0.05, 0.1) is 15.6 Å². The molecule has 0 aliphatic heterocycles. The van der Waals surface area contributed by atoms with Crippen LogP contribution in [0, 0.1) is 13.8 Å². The first kappa shape index (κ1) is 35.5. The molecule has 0 unspecified atom stereocenters. The molecule has 48 heavy (non-hydrogen) atoms. The van der Waals surface area contributed by atoms with E-state index < -0.39 is 28.5 Å². The average Bonchev–Trinajstić information content (AvgIpc) is 3.07. The number of aryl methyl sites for hydroxylation is 2. The highest BCUT2D eigenvalue weighted by atomic mass is 35.5. The maximum Gasteiger partial charge on any atom is 0.264 e. The molecule has 1 saturated carbocycles. The maximum atomic E-state index is 14.7. The van der Waals surface area contributed by atoms with Gasteiger partial charge in [-0.1, -0.05) is 120 Å². The van der Waals surface area contributed by atoms with Crippen LogP contribution < -0.4 is 9.62 Å². The van der Waals surface area contributed by atoms with Crippen molar-refractivity contribution in [3.63, 3.8) is 0 Å². The van der Waals surface area contributed by atoms with Crippen molar-refractivity contribution in [2.24, 2.45) is 0 Å². The maximum absolute atomic E-state index is 14.7. The highest BCUT2D eigenvalue weighted by Crippen LogP contribution is 2.33. The van der Waals surface area contributed by atoms with Gasteiger partial charge in [-0.05, 0) is 68.1 Å². The summed E-state index contributed by atoms with van der Waals surface area (Å²) in [5.74, 6) is -0.816. The molecule has 0 radical (unpaired) electrons. The molecule has 0 bridgehead atoms. The van der Waals surface area contributed by atoms with Crippen molar-refractivity contribution < 1.29 is 18.0 Å². The van der Waals surface area contributed by atoms with E-state index in [1.54, 1.807) is 18.2 Å². The summed E-state index contributed by atoms with van der Waals surface area (Å²) in [5, 5.41) is 3.61. The van der Waals surface area contributed by atoms with Crippen molar-refractivity contribution in [1.29, 1.82) is 0 Å². The Morgan fingerprint density at radius 2 is 1.50 bits per heavy atom. The zero-order valence-corrected chi connectivity index (χ0v) is 29.6. The molecule has 0 aromatic heterocycles. The van der Waals surface area contributed by atoms with Gasteiger partial charge in [0.15, 0.2) is 0 Å². The lowest BCUT2D eigenvalue weighted by Gasteiger charge is -2.35. The minimum Gasteiger partial charge on any atom is -0.352 e. The second kappa shape index (κ2) is 16.0. The molecule has 2 amide bonds. The Bertz CT molecular complexity index is 1830. The summed E-state index contributed by atoms with van der Waals surface area (Å²) in [6, 6.07) is 27.3. The van der Waals surface area contributed by atoms with Crippen LogP contribution in [0.2, 0.25) is 10.0 Å². The molecule has 0 saturated heterocycles. The van der Waals surface area contributed by atoms with Crippen molar-refractivity contribution in [3.05, 3.63) is 129 Å². The van der Waals surface area contributed by atoms with Gasteiger partial charge in [0, 0.05) is 24.0 Å². The van der Waals surface area contributed by atoms with Crippen LogP contribution in [-0.4, -0.2) is 43.8 Å². The predicted molar refractivity (Wildman–Crippen MR) is 193 cm³/mol. The van der Waals surface area contributed by atoms with Crippen molar-refractivity contribution >= 4 is 50.7 Å². The molecule has 7 nitrogen and oxygen atoms in total. The Balaban J connectivity index is 1.59. The monoisotopic (exact) mass is 705 g/mol. The van der Waals surface area contributed by atoms with Crippen LogP contribution in [0.3, 0.4) is 0 Å². The lowest BCUT2D eigenvalue weighted by molar-refractivity contribution is -0.140. The van der Waals surface area contributed by atoms with Crippen molar-refractivity contribution in [1.82, 2.24) is 10.2 Å². The quantitative estimate of drug-likeness (QED) is 0.162. The summed E-state index contributed by atoms with van der Waals surface area (Å²) in [5.41, 5.74) is 3.65. The van der Waals surface area contributed by atoms with Crippen molar-refractivity contribution in [2.75, 3.05) is 10.8 Å². The van der Waals surface area contributed by atoms with E-state index in [1.165, 1.54) is 29.2 Å². The van der Waals surface area contributed by atoms with Gasteiger partial charge in [0.1, 0.15) is 12.6 Å². The second-order valence-corrected chi connectivity index (χ2v) is 15.2. The molecule has 1 atom stereocenters. The zero-order chi connectivity index (χ0) is 34.3. The highest BCUT2D eigenvalue weighted by Gasteiger charge is 2.36. The third-order valence-electron chi connectivity index (χ3n) is 8.72. The van der Waals surface area contributed by atoms with Gasteiger partial charge >= 0.3 is 0 Å². The molecule has 4 aromatic carbocycles. The zero-order valence-electron chi connectivity index (χ0n) is 27.2. The van der Waals surface area contributed by atoms with Gasteiger partial charge in [0.2, 0.25) is 11.8 Å². The Morgan fingerprint density at radius 3 is 2.19 bits per heavy atom. The van der Waals surface area contributed by atoms with E-state index in [2.05, 4.69) is 5.32 Å². The number of sulfonamides is 1. The first-order chi connectivity index (χ1) is 23.0. The highest BCUT2D eigenvalue weighted by molar-refractivity contribution is 7.92. The number of hydrogen-bond donors (Lipinski definition) is 1. The van der Waals surface area contributed by atoms with Gasteiger partial charge < -0.3 is 10.2 Å². The van der Waals surface area contributed by atoms with Crippen molar-refractivity contribution in [3.8, 4) is 0 Å². The summed E-state index contributed by atoms with van der Waals surface area (Å²) in [6.45, 7) is 3.31. The number of hydrogen-bond acceptors (Lipinski definition) is 4. The molecule has 1 aliphatic carbocycles. The third-order valence-corrected chi connectivity index (χ3v) is 11.1. The van der Waals surface area contributed by atoms with Crippen molar-refractivity contribution in [2.45, 2.75) is 75.9 Å². The Hall–Kier alpha value is -3.85. The number of halogens is 2. The molecular weight excluding hydrogens is 665 g/mol. The number of carbonyl (C=O) groups is 2. The van der Waals surface area contributed by atoms with E-state index in [4.69, 9.17) is 23.2 Å². The van der Waals surface area contributed by atoms with E-state index in [1.807, 2.05) is 68.4 Å². The number of amides is 2. The fourth-order valence-corrected chi connectivity index (χ4v) is 7.99. The van der Waals surface area contributed by atoms with Gasteiger partial charge in [-0.2, -0.15) is 0 Å². The number of nitrogens with zero attached hydrogens (tertiary/aromatic N) is 2. The number of anilines is 1. The van der Waals surface area contributed by atoms with Crippen LogP contribution in [0.15, 0.2) is 102 Å². The summed E-state index contributed by atoms with van der Waals surface area (Å²) >= 11 is 12.9. The Labute approximate surface area is 293 Å². The summed E-state index contributed by atoms with van der Waals surface area (Å²) < 4.78 is 29.6. The summed E-state index contributed by atoms with van der Waals surface area (Å²) in [4.78, 5) is 30.5. The topological polar surface area (TPSA) is 86.8 Å². The summed E-state index contributed by atoms with van der Waals surface area (Å²) in [7, 11) is -4.30. The van der Waals surface area contributed by atoms with E-state index in [9.17, 15) is 18.0 Å². The van der Waals surface area contributed by atoms with Gasteiger partial charge in [-0.15, -0.1) is 0 Å². The minimum absolute atomic E-state index is 0.00180. The normalized spacial score (nSPS) is 14.2. The molecule has 4 aromatic rings. The van der Waals surface area contributed by atoms with Crippen LogP contribution >= 0.6 is 23.2 Å². The standard InChI is InChI=1S/C38H41Cl2N3O4S/c1-27-16-19-33(20-17-27)48(46,47)43(35-24-31(39)18-21-34(35)40)26-37(44)42(25-30-13-9-10-28(2)22-30)36(23-29-11-5-3-6-12-29)38(45)41-32-14-7-4-8-15-32/h3,5-6,9-13,16-22,24,32,36H,4,7-8,14-15,23,25-26H2,1-2H3,(H,41,45)/t36-/m1/s1. The van der Waals surface area contributed by atoms with E-state index >= 15 is 0 Å². The Kier molecular flexibility index (Phi) is 11.8. The van der Waals surface area contributed by atoms with Crippen LogP contribution in [0.5, 0.6) is 0 Å². The lowest BCUT2D eigenvalue weighted by atomic mass is 9.94. The number of carbonyl (C=O) groups excluding carboxylic acids is 2.